The van der Waals surface area contributed by atoms with Gasteiger partial charge in [0, 0.05) is 42.5 Å². The highest BCUT2D eigenvalue weighted by Crippen LogP contribution is 2.09. The first kappa shape index (κ1) is 18.2. The van der Waals surface area contributed by atoms with Crippen molar-refractivity contribution in [2.45, 2.75) is 0 Å². The number of halogens is 1. The molecular formula is C14H18IN3O4. The number of ether oxygens (including phenoxy) is 1. The van der Waals surface area contributed by atoms with E-state index in [9.17, 15) is 9.59 Å². The van der Waals surface area contributed by atoms with Gasteiger partial charge in [-0.15, -0.1) is 0 Å². The van der Waals surface area contributed by atoms with Crippen LogP contribution >= 0.6 is 22.6 Å². The zero-order chi connectivity index (χ0) is 16.5. The molecule has 1 N–H and O–H groups in total. The summed E-state index contributed by atoms with van der Waals surface area (Å²) in [4.78, 5) is 29.1. The van der Waals surface area contributed by atoms with Crippen molar-refractivity contribution in [1.29, 1.82) is 0 Å². The van der Waals surface area contributed by atoms with E-state index in [1.165, 1.54) is 17.1 Å². The summed E-state index contributed by atoms with van der Waals surface area (Å²) >= 11 is 2.14. The van der Waals surface area contributed by atoms with Crippen LogP contribution < -0.4 is 4.74 Å². The Hall–Kier alpha value is -1.84. The minimum atomic E-state index is -1.07. The van der Waals surface area contributed by atoms with E-state index in [1.807, 2.05) is 6.07 Å². The van der Waals surface area contributed by atoms with Crippen LogP contribution in [0.5, 0.6) is 5.88 Å². The van der Waals surface area contributed by atoms with E-state index >= 15 is 0 Å². The van der Waals surface area contributed by atoms with Crippen molar-refractivity contribution < 1.29 is 19.4 Å². The van der Waals surface area contributed by atoms with Gasteiger partial charge in [-0.25, -0.2) is 9.78 Å². The van der Waals surface area contributed by atoms with Crippen LogP contribution in [0.2, 0.25) is 0 Å². The zero-order valence-electron chi connectivity index (χ0n) is 12.4. The van der Waals surface area contributed by atoms with E-state index < -0.39 is 6.09 Å². The molecule has 8 heteroatoms. The fourth-order valence-corrected chi connectivity index (χ4v) is 1.72. The van der Waals surface area contributed by atoms with Crippen LogP contribution in [0.3, 0.4) is 0 Å². The van der Waals surface area contributed by atoms with Crippen molar-refractivity contribution >= 4 is 34.6 Å². The molecule has 0 saturated heterocycles. The second kappa shape index (κ2) is 9.23. The van der Waals surface area contributed by atoms with Crippen LogP contribution in [0.15, 0.2) is 30.5 Å². The summed E-state index contributed by atoms with van der Waals surface area (Å²) in [7, 11) is 3.26. The number of pyridine rings is 1. The van der Waals surface area contributed by atoms with Crippen LogP contribution in [0.4, 0.5) is 4.79 Å². The van der Waals surface area contributed by atoms with Gasteiger partial charge in [-0.1, -0.05) is 6.08 Å². The average molecular weight is 419 g/mol. The number of hydrogen-bond donors (Lipinski definition) is 1. The smallest absolute Gasteiger partial charge is 0.407 e. The van der Waals surface area contributed by atoms with Gasteiger partial charge in [-0.2, -0.15) is 0 Å². The molecule has 1 heterocycles. The average Bonchev–Trinajstić information content (AvgIpc) is 2.47. The van der Waals surface area contributed by atoms with Crippen molar-refractivity contribution in [3.8, 4) is 5.88 Å². The Morgan fingerprint density at radius 3 is 2.68 bits per heavy atom. The summed E-state index contributed by atoms with van der Waals surface area (Å²) in [5.41, 5.74) is 0. The minimum Gasteiger partial charge on any atom is -0.476 e. The fourth-order valence-electron chi connectivity index (χ4n) is 1.40. The van der Waals surface area contributed by atoms with Crippen LogP contribution in [0, 0.1) is 3.57 Å². The predicted molar refractivity (Wildman–Crippen MR) is 89.9 cm³/mol. The Morgan fingerprint density at radius 1 is 1.41 bits per heavy atom. The van der Waals surface area contributed by atoms with E-state index in [-0.39, 0.29) is 25.6 Å². The number of amides is 2. The van der Waals surface area contributed by atoms with Crippen molar-refractivity contribution in [2.24, 2.45) is 0 Å². The highest BCUT2D eigenvalue weighted by Gasteiger charge is 2.10. The molecule has 0 aliphatic carbocycles. The first-order chi connectivity index (χ1) is 10.4. The van der Waals surface area contributed by atoms with Gasteiger partial charge in [-0.3, -0.25) is 4.79 Å². The minimum absolute atomic E-state index is 0.123. The number of likely N-dealkylation sites (N-methyl/N-ethyl adjacent to an activating group) is 1. The van der Waals surface area contributed by atoms with Gasteiger partial charge in [0.25, 0.3) is 0 Å². The Labute approximate surface area is 142 Å². The summed E-state index contributed by atoms with van der Waals surface area (Å²) in [5, 5.41) is 9.11. The maximum absolute atomic E-state index is 11.4. The maximum atomic E-state index is 11.4. The van der Waals surface area contributed by atoms with Gasteiger partial charge >= 0.3 is 6.09 Å². The lowest BCUT2D eigenvalue weighted by Crippen LogP contribution is -2.33. The van der Waals surface area contributed by atoms with E-state index in [2.05, 4.69) is 27.6 Å². The largest absolute Gasteiger partial charge is 0.476 e. The molecule has 0 bridgehead atoms. The van der Waals surface area contributed by atoms with Crippen LogP contribution in [-0.2, 0) is 4.79 Å². The van der Waals surface area contributed by atoms with Crippen molar-refractivity contribution in [2.75, 3.05) is 33.8 Å². The van der Waals surface area contributed by atoms with E-state index in [0.29, 0.717) is 5.88 Å². The number of carbonyl (C=O) groups excluding carboxylic acids is 1. The van der Waals surface area contributed by atoms with E-state index in [4.69, 9.17) is 9.84 Å². The van der Waals surface area contributed by atoms with Gasteiger partial charge < -0.3 is 19.6 Å². The van der Waals surface area contributed by atoms with E-state index in [1.54, 1.807) is 26.4 Å². The summed E-state index contributed by atoms with van der Waals surface area (Å²) < 4.78 is 6.38. The predicted octanol–water partition coefficient (Wildman–Crippen LogP) is 1.69. The number of aromatic nitrogens is 1. The molecule has 0 atom stereocenters. The number of carboxylic acid groups (broad SMARTS) is 1. The van der Waals surface area contributed by atoms with Gasteiger partial charge in [0.15, 0.2) is 0 Å². The molecule has 1 aromatic rings. The summed E-state index contributed by atoms with van der Waals surface area (Å²) in [6.07, 6.45) is 3.46. The molecule has 0 spiro atoms. The SMILES string of the molecule is CN(C)C(=O)/C=C/CN(CCOc1ccc(I)cn1)C(=O)O. The van der Waals surface area contributed by atoms with Gasteiger partial charge in [0.1, 0.15) is 6.61 Å². The lowest BCUT2D eigenvalue weighted by Gasteiger charge is -2.17. The summed E-state index contributed by atoms with van der Waals surface area (Å²) in [5.74, 6) is 0.258. The zero-order valence-corrected chi connectivity index (χ0v) is 14.6. The van der Waals surface area contributed by atoms with E-state index in [0.717, 1.165) is 8.47 Å². The first-order valence-electron chi connectivity index (χ1n) is 6.50. The molecule has 1 rings (SSSR count). The highest BCUT2D eigenvalue weighted by molar-refractivity contribution is 14.1. The molecular weight excluding hydrogens is 401 g/mol. The molecule has 7 nitrogen and oxygen atoms in total. The fraction of sp³-hybridized carbons (Fsp3) is 0.357. The first-order valence-corrected chi connectivity index (χ1v) is 7.58. The number of rotatable bonds is 7. The third-order valence-corrected chi connectivity index (χ3v) is 3.25. The van der Waals surface area contributed by atoms with Crippen molar-refractivity contribution in [1.82, 2.24) is 14.8 Å². The molecule has 0 fully saturated rings. The Morgan fingerprint density at radius 2 is 2.14 bits per heavy atom. The lowest BCUT2D eigenvalue weighted by atomic mass is 10.4. The van der Waals surface area contributed by atoms with Gasteiger partial charge in [0.05, 0.1) is 6.54 Å². The summed E-state index contributed by atoms with van der Waals surface area (Å²) in [6.45, 7) is 0.497. The quantitative estimate of drug-likeness (QED) is 0.538. The topological polar surface area (TPSA) is 83.0 Å². The molecule has 0 aromatic carbocycles. The molecule has 0 aliphatic rings. The normalized spacial score (nSPS) is 10.5. The Kier molecular flexibility index (Phi) is 7.64. The Balaban J connectivity index is 2.42. The maximum Gasteiger partial charge on any atom is 0.407 e. The molecule has 0 saturated carbocycles. The molecule has 0 unspecified atom stereocenters. The monoisotopic (exact) mass is 419 g/mol. The van der Waals surface area contributed by atoms with Crippen molar-refractivity contribution in [3.63, 3.8) is 0 Å². The third-order valence-electron chi connectivity index (χ3n) is 2.61. The Bertz CT molecular complexity index is 531. The van der Waals surface area contributed by atoms with Gasteiger partial charge in [0.2, 0.25) is 11.8 Å². The molecule has 120 valence electrons. The molecule has 1 aromatic heterocycles. The second-order valence-electron chi connectivity index (χ2n) is 4.53. The molecule has 0 aliphatic heterocycles. The van der Waals surface area contributed by atoms with Crippen LogP contribution in [0.25, 0.3) is 0 Å². The third kappa shape index (κ3) is 6.74. The highest BCUT2D eigenvalue weighted by atomic mass is 127. The molecule has 22 heavy (non-hydrogen) atoms. The summed E-state index contributed by atoms with van der Waals surface area (Å²) in [6, 6.07) is 3.58. The number of hydrogen-bond acceptors (Lipinski definition) is 4. The van der Waals surface area contributed by atoms with Crippen molar-refractivity contribution in [3.05, 3.63) is 34.1 Å². The number of nitrogens with zero attached hydrogens (tertiary/aromatic N) is 3. The molecule has 0 radical (unpaired) electrons. The van der Waals surface area contributed by atoms with Crippen LogP contribution in [-0.4, -0.2) is 65.7 Å². The number of carbonyl (C=O) groups is 2. The lowest BCUT2D eigenvalue weighted by molar-refractivity contribution is -0.123. The molecule has 2 amide bonds. The van der Waals surface area contributed by atoms with Gasteiger partial charge in [-0.05, 0) is 28.7 Å². The van der Waals surface area contributed by atoms with Crippen LogP contribution in [0.1, 0.15) is 0 Å². The second-order valence-corrected chi connectivity index (χ2v) is 5.77. The standard InChI is InChI=1S/C14H18IN3O4/c1-17(2)13(19)4-3-7-18(14(20)21)8-9-22-12-6-5-11(15)10-16-12/h3-6,10H,7-9H2,1-2H3,(H,20,21)/b4-3+.